The highest BCUT2D eigenvalue weighted by atomic mass is 35.5. The number of hydrogen-bond acceptors (Lipinski definition) is 4. The lowest BCUT2D eigenvalue weighted by atomic mass is 10.1. The summed E-state index contributed by atoms with van der Waals surface area (Å²) in [4.78, 5) is 13.0. The molecule has 0 atom stereocenters. The Kier molecular flexibility index (Phi) is 5.77. The maximum atomic E-state index is 13.0. The number of nitrogens with zero attached hydrogens (tertiary/aromatic N) is 2. The van der Waals surface area contributed by atoms with Crippen molar-refractivity contribution in [1.29, 1.82) is 0 Å². The molecule has 7 nitrogen and oxygen atoms in total. The van der Waals surface area contributed by atoms with Gasteiger partial charge in [-0.1, -0.05) is 17.7 Å². The zero-order chi connectivity index (χ0) is 22.2. The van der Waals surface area contributed by atoms with Gasteiger partial charge in [-0.05, 0) is 68.7 Å². The Morgan fingerprint density at radius 2 is 1.84 bits per heavy atom. The van der Waals surface area contributed by atoms with Crippen LogP contribution in [-0.2, 0) is 10.0 Å². The van der Waals surface area contributed by atoms with Crippen molar-refractivity contribution in [3.05, 3.63) is 70.5 Å². The molecule has 0 bridgehead atoms. The maximum absolute atomic E-state index is 13.0. The Labute approximate surface area is 186 Å². The van der Waals surface area contributed by atoms with Crippen molar-refractivity contribution in [2.75, 3.05) is 15.8 Å². The van der Waals surface area contributed by atoms with Gasteiger partial charge in [0.15, 0.2) is 0 Å². The summed E-state index contributed by atoms with van der Waals surface area (Å²) in [7, 11) is -3.35. The molecule has 162 valence electrons. The SMILES string of the molecule is CCS(=O)(=O)Nc1ccc(NC(=O)c2cnn(-c3ccc(C)c(Cl)c3)c2C2CC2)cc1. The number of anilines is 2. The van der Waals surface area contributed by atoms with Crippen LogP contribution in [0.25, 0.3) is 5.69 Å². The number of amides is 1. The summed E-state index contributed by atoms with van der Waals surface area (Å²) in [6, 6.07) is 12.3. The van der Waals surface area contributed by atoms with E-state index in [9.17, 15) is 13.2 Å². The van der Waals surface area contributed by atoms with Gasteiger partial charge in [-0.2, -0.15) is 5.10 Å². The van der Waals surface area contributed by atoms with Crippen LogP contribution >= 0.6 is 11.6 Å². The Balaban J connectivity index is 1.56. The number of nitrogens with one attached hydrogen (secondary N) is 2. The number of sulfonamides is 1. The molecule has 1 aliphatic carbocycles. The molecule has 0 spiro atoms. The average molecular weight is 459 g/mol. The first-order valence-electron chi connectivity index (χ1n) is 10.0. The smallest absolute Gasteiger partial charge is 0.259 e. The third-order valence-corrected chi connectivity index (χ3v) is 6.93. The van der Waals surface area contributed by atoms with Gasteiger partial charge in [0.05, 0.1) is 28.9 Å². The van der Waals surface area contributed by atoms with Crippen molar-refractivity contribution in [3.63, 3.8) is 0 Å². The summed E-state index contributed by atoms with van der Waals surface area (Å²) in [5, 5.41) is 7.99. The number of rotatable bonds is 7. The minimum absolute atomic E-state index is 0.00832. The lowest BCUT2D eigenvalue weighted by Crippen LogP contribution is -2.15. The molecule has 2 aromatic carbocycles. The zero-order valence-corrected chi connectivity index (χ0v) is 18.8. The fourth-order valence-corrected chi connectivity index (χ4v) is 4.09. The Hall–Kier alpha value is -2.84. The molecule has 3 aromatic rings. The second-order valence-corrected chi connectivity index (χ2v) is 10.0. The van der Waals surface area contributed by atoms with Crippen LogP contribution in [0.4, 0.5) is 11.4 Å². The minimum atomic E-state index is -3.35. The quantitative estimate of drug-likeness (QED) is 0.535. The molecule has 1 aliphatic rings. The molecule has 31 heavy (non-hydrogen) atoms. The van der Waals surface area contributed by atoms with Crippen molar-refractivity contribution < 1.29 is 13.2 Å². The van der Waals surface area contributed by atoms with E-state index in [4.69, 9.17) is 11.6 Å². The highest BCUT2D eigenvalue weighted by Crippen LogP contribution is 2.42. The van der Waals surface area contributed by atoms with E-state index in [2.05, 4.69) is 15.1 Å². The number of hydrogen-bond donors (Lipinski definition) is 2. The Morgan fingerprint density at radius 1 is 1.16 bits per heavy atom. The molecular weight excluding hydrogens is 436 g/mol. The van der Waals surface area contributed by atoms with Crippen LogP contribution < -0.4 is 10.0 Å². The molecule has 0 saturated heterocycles. The summed E-state index contributed by atoms with van der Waals surface area (Å²) >= 11 is 6.29. The largest absolute Gasteiger partial charge is 0.322 e. The number of aromatic nitrogens is 2. The third kappa shape index (κ3) is 4.75. The summed E-state index contributed by atoms with van der Waals surface area (Å²) in [5.41, 5.74) is 4.22. The molecule has 1 amide bonds. The molecule has 0 radical (unpaired) electrons. The van der Waals surface area contributed by atoms with Gasteiger partial charge < -0.3 is 5.32 Å². The highest BCUT2D eigenvalue weighted by molar-refractivity contribution is 7.92. The maximum Gasteiger partial charge on any atom is 0.259 e. The predicted molar refractivity (Wildman–Crippen MR) is 123 cm³/mol. The van der Waals surface area contributed by atoms with Gasteiger partial charge in [-0.3, -0.25) is 9.52 Å². The van der Waals surface area contributed by atoms with E-state index in [1.165, 1.54) is 0 Å². The van der Waals surface area contributed by atoms with Crippen molar-refractivity contribution in [3.8, 4) is 5.69 Å². The zero-order valence-electron chi connectivity index (χ0n) is 17.2. The van der Waals surface area contributed by atoms with Crippen LogP contribution in [-0.4, -0.2) is 29.9 Å². The van der Waals surface area contributed by atoms with Crippen LogP contribution in [0, 0.1) is 6.92 Å². The molecule has 1 saturated carbocycles. The van der Waals surface area contributed by atoms with Crippen LogP contribution in [0.15, 0.2) is 48.7 Å². The monoisotopic (exact) mass is 458 g/mol. The standard InChI is InChI=1S/C22H23ClN4O3S/c1-3-31(29,30)26-17-9-7-16(8-10-17)25-22(28)19-13-24-27(21(19)15-5-6-15)18-11-4-14(2)20(23)12-18/h4,7-13,15,26H,3,5-6H2,1-2H3,(H,25,28). The molecular formula is C22H23ClN4O3S. The summed E-state index contributed by atoms with van der Waals surface area (Å²) < 4.78 is 27.6. The molecule has 1 aromatic heterocycles. The molecule has 1 fully saturated rings. The van der Waals surface area contributed by atoms with Gasteiger partial charge in [0, 0.05) is 22.3 Å². The second kappa shape index (κ2) is 8.36. The predicted octanol–water partition coefficient (Wildman–Crippen LogP) is 4.73. The van der Waals surface area contributed by atoms with E-state index < -0.39 is 10.0 Å². The van der Waals surface area contributed by atoms with Crippen LogP contribution in [0.1, 0.15) is 47.3 Å². The van der Waals surface area contributed by atoms with Gasteiger partial charge >= 0.3 is 0 Å². The van der Waals surface area contributed by atoms with Crippen LogP contribution in [0.5, 0.6) is 0 Å². The van der Waals surface area contributed by atoms with E-state index in [1.54, 1.807) is 42.1 Å². The van der Waals surface area contributed by atoms with Crippen molar-refractivity contribution in [2.45, 2.75) is 32.6 Å². The third-order valence-electron chi connectivity index (χ3n) is 5.21. The lowest BCUT2D eigenvalue weighted by molar-refractivity contribution is 0.102. The molecule has 1 heterocycles. The van der Waals surface area contributed by atoms with Gasteiger partial charge in [-0.25, -0.2) is 13.1 Å². The Morgan fingerprint density at radius 3 is 2.45 bits per heavy atom. The summed E-state index contributed by atoms with van der Waals surface area (Å²) in [5.74, 6) is 0.0217. The number of carbonyl (C=O) groups excluding carboxylic acids is 1. The molecule has 2 N–H and O–H groups in total. The number of halogens is 1. The molecule has 9 heteroatoms. The fraction of sp³-hybridized carbons (Fsp3) is 0.273. The van der Waals surface area contributed by atoms with Crippen LogP contribution in [0.2, 0.25) is 5.02 Å². The van der Waals surface area contributed by atoms with E-state index in [1.807, 2.05) is 25.1 Å². The van der Waals surface area contributed by atoms with Crippen molar-refractivity contribution >= 4 is 38.9 Å². The first-order chi connectivity index (χ1) is 14.8. The van der Waals surface area contributed by atoms with E-state index in [-0.39, 0.29) is 17.6 Å². The summed E-state index contributed by atoms with van der Waals surface area (Å²) in [6.07, 6.45) is 3.61. The van der Waals surface area contributed by atoms with E-state index in [0.29, 0.717) is 22.0 Å². The molecule has 0 aliphatic heterocycles. The first kappa shape index (κ1) is 21.4. The van der Waals surface area contributed by atoms with Gasteiger partial charge in [0.2, 0.25) is 10.0 Å². The average Bonchev–Trinajstić information content (AvgIpc) is 3.49. The van der Waals surface area contributed by atoms with E-state index in [0.717, 1.165) is 29.8 Å². The fourth-order valence-electron chi connectivity index (χ4n) is 3.27. The topological polar surface area (TPSA) is 93.1 Å². The summed E-state index contributed by atoms with van der Waals surface area (Å²) in [6.45, 7) is 3.51. The van der Waals surface area contributed by atoms with E-state index >= 15 is 0 Å². The number of aryl methyl sites for hydroxylation is 1. The van der Waals surface area contributed by atoms with Gasteiger partial charge in [-0.15, -0.1) is 0 Å². The van der Waals surface area contributed by atoms with Crippen LogP contribution in [0.3, 0.4) is 0 Å². The van der Waals surface area contributed by atoms with Crippen molar-refractivity contribution in [2.24, 2.45) is 0 Å². The van der Waals surface area contributed by atoms with Gasteiger partial charge in [0.25, 0.3) is 5.91 Å². The molecule has 0 unspecified atom stereocenters. The van der Waals surface area contributed by atoms with Gasteiger partial charge in [0.1, 0.15) is 0 Å². The highest BCUT2D eigenvalue weighted by Gasteiger charge is 2.33. The number of benzene rings is 2. The first-order valence-corrected chi connectivity index (χ1v) is 12.1. The normalized spacial score (nSPS) is 13.8. The Bertz CT molecular complexity index is 1230. The minimum Gasteiger partial charge on any atom is -0.322 e. The second-order valence-electron chi connectivity index (χ2n) is 7.60. The number of carbonyl (C=O) groups is 1. The lowest BCUT2D eigenvalue weighted by Gasteiger charge is -2.11. The molecule has 4 rings (SSSR count). The van der Waals surface area contributed by atoms with Crippen molar-refractivity contribution in [1.82, 2.24) is 9.78 Å².